The lowest BCUT2D eigenvalue weighted by atomic mass is 10.1. The topological polar surface area (TPSA) is 78.0 Å². The summed E-state index contributed by atoms with van der Waals surface area (Å²) in [7, 11) is -3.42. The van der Waals surface area contributed by atoms with Crippen molar-refractivity contribution in [2.24, 2.45) is 0 Å². The van der Waals surface area contributed by atoms with E-state index in [-0.39, 0.29) is 17.6 Å². The van der Waals surface area contributed by atoms with Crippen molar-refractivity contribution < 1.29 is 18.0 Å². The van der Waals surface area contributed by atoms with Gasteiger partial charge in [-0.05, 0) is 32.3 Å². The largest absolute Gasteiger partial charge is 0.342 e. The third-order valence-electron chi connectivity index (χ3n) is 5.31. The number of sulfone groups is 1. The molecule has 162 valence electrons. The predicted octanol–water partition coefficient (Wildman–Crippen LogP) is 1.05. The van der Waals surface area contributed by atoms with Crippen molar-refractivity contribution in [3.63, 3.8) is 0 Å². The van der Waals surface area contributed by atoms with Gasteiger partial charge in [-0.2, -0.15) is 0 Å². The molecule has 0 saturated carbocycles. The SMILES string of the molecule is CCN(CC)C(=O)CN1CCN(C(=O)CS(=O)(=O)CCCc2ccccc2)CC1. The van der Waals surface area contributed by atoms with Crippen LogP contribution in [0, 0.1) is 0 Å². The van der Waals surface area contributed by atoms with Crippen molar-refractivity contribution in [3.8, 4) is 0 Å². The molecule has 0 unspecified atom stereocenters. The van der Waals surface area contributed by atoms with Gasteiger partial charge in [-0.25, -0.2) is 8.42 Å². The molecule has 0 radical (unpaired) electrons. The van der Waals surface area contributed by atoms with E-state index in [0.29, 0.717) is 58.7 Å². The Morgan fingerprint density at radius 1 is 1.00 bits per heavy atom. The minimum atomic E-state index is -3.42. The van der Waals surface area contributed by atoms with Crippen molar-refractivity contribution >= 4 is 21.7 Å². The van der Waals surface area contributed by atoms with Gasteiger partial charge in [-0.15, -0.1) is 0 Å². The first-order valence-corrected chi connectivity index (χ1v) is 12.2. The van der Waals surface area contributed by atoms with E-state index in [0.717, 1.165) is 5.56 Å². The molecule has 1 fully saturated rings. The molecule has 1 aliphatic rings. The molecule has 2 amide bonds. The summed E-state index contributed by atoms with van der Waals surface area (Å²) in [5.74, 6) is -0.651. The van der Waals surface area contributed by atoms with Gasteiger partial charge in [-0.1, -0.05) is 30.3 Å². The number of likely N-dealkylation sites (N-methyl/N-ethyl adjacent to an activating group) is 1. The number of piperazine rings is 1. The third kappa shape index (κ3) is 7.78. The summed E-state index contributed by atoms with van der Waals surface area (Å²) < 4.78 is 24.6. The lowest BCUT2D eigenvalue weighted by Gasteiger charge is -2.35. The van der Waals surface area contributed by atoms with Crippen molar-refractivity contribution in [1.29, 1.82) is 0 Å². The monoisotopic (exact) mass is 423 g/mol. The van der Waals surface area contributed by atoms with Crippen molar-refractivity contribution in [2.45, 2.75) is 26.7 Å². The number of amides is 2. The third-order valence-corrected chi connectivity index (χ3v) is 6.90. The summed E-state index contributed by atoms with van der Waals surface area (Å²) in [5, 5.41) is 0. The molecular formula is C21H33N3O4S. The second-order valence-electron chi connectivity index (χ2n) is 7.40. The fourth-order valence-corrected chi connectivity index (χ4v) is 4.80. The highest BCUT2D eigenvalue weighted by molar-refractivity contribution is 7.92. The molecule has 0 aliphatic carbocycles. The Balaban J connectivity index is 1.73. The van der Waals surface area contributed by atoms with Crippen LogP contribution in [0.2, 0.25) is 0 Å². The zero-order valence-electron chi connectivity index (χ0n) is 17.5. The van der Waals surface area contributed by atoms with E-state index in [1.54, 1.807) is 9.80 Å². The van der Waals surface area contributed by atoms with Crippen molar-refractivity contribution in [2.75, 3.05) is 57.3 Å². The van der Waals surface area contributed by atoms with Gasteiger partial charge < -0.3 is 9.80 Å². The van der Waals surface area contributed by atoms with E-state index in [1.807, 2.05) is 49.1 Å². The van der Waals surface area contributed by atoms with Crippen LogP contribution in [-0.4, -0.2) is 92.3 Å². The number of carbonyl (C=O) groups is 2. The average Bonchev–Trinajstić information content (AvgIpc) is 2.69. The van der Waals surface area contributed by atoms with Gasteiger partial charge in [0.2, 0.25) is 11.8 Å². The molecule has 1 aromatic rings. The summed E-state index contributed by atoms with van der Waals surface area (Å²) in [6.07, 6.45) is 1.20. The molecular weight excluding hydrogens is 390 g/mol. The Hall–Kier alpha value is -1.93. The van der Waals surface area contributed by atoms with Crippen LogP contribution in [0.4, 0.5) is 0 Å². The first-order valence-electron chi connectivity index (χ1n) is 10.4. The van der Waals surface area contributed by atoms with Crippen molar-refractivity contribution in [1.82, 2.24) is 14.7 Å². The molecule has 2 rings (SSSR count). The molecule has 0 atom stereocenters. The van der Waals surface area contributed by atoms with Crippen LogP contribution < -0.4 is 0 Å². The zero-order valence-corrected chi connectivity index (χ0v) is 18.4. The highest BCUT2D eigenvalue weighted by Crippen LogP contribution is 2.08. The number of hydrogen-bond acceptors (Lipinski definition) is 5. The smallest absolute Gasteiger partial charge is 0.237 e. The lowest BCUT2D eigenvalue weighted by molar-refractivity contribution is -0.133. The molecule has 0 aromatic heterocycles. The standard InChI is InChI=1S/C21H33N3O4S/c1-3-23(4-2)20(25)17-22-12-14-24(15-13-22)21(26)18-29(27,28)16-8-11-19-9-6-5-7-10-19/h5-7,9-10H,3-4,8,11-18H2,1-2H3. The normalized spacial score (nSPS) is 15.3. The minimum Gasteiger partial charge on any atom is -0.342 e. The minimum absolute atomic E-state index is 0.0198. The molecule has 29 heavy (non-hydrogen) atoms. The maximum Gasteiger partial charge on any atom is 0.237 e. The Bertz CT molecular complexity index is 755. The second-order valence-corrected chi connectivity index (χ2v) is 9.59. The Morgan fingerprint density at radius 3 is 2.21 bits per heavy atom. The molecule has 1 saturated heterocycles. The van der Waals surface area contributed by atoms with Crippen LogP contribution in [0.5, 0.6) is 0 Å². The molecule has 1 aliphatic heterocycles. The molecule has 1 heterocycles. The summed E-state index contributed by atoms with van der Waals surface area (Å²) in [4.78, 5) is 30.1. The quantitative estimate of drug-likeness (QED) is 0.562. The Morgan fingerprint density at radius 2 is 1.62 bits per heavy atom. The van der Waals surface area contributed by atoms with Gasteiger partial charge in [0, 0.05) is 39.3 Å². The van der Waals surface area contributed by atoms with E-state index in [4.69, 9.17) is 0 Å². The first-order chi connectivity index (χ1) is 13.8. The number of carbonyl (C=O) groups excluding carboxylic acids is 2. The van der Waals surface area contributed by atoms with Crippen LogP contribution in [0.1, 0.15) is 25.8 Å². The van der Waals surface area contributed by atoms with Crippen LogP contribution in [0.3, 0.4) is 0 Å². The van der Waals surface area contributed by atoms with E-state index >= 15 is 0 Å². The maximum atomic E-state index is 12.4. The number of hydrogen-bond donors (Lipinski definition) is 0. The van der Waals surface area contributed by atoms with Gasteiger partial charge in [0.05, 0.1) is 12.3 Å². The molecule has 0 N–H and O–H groups in total. The van der Waals surface area contributed by atoms with E-state index in [9.17, 15) is 18.0 Å². The summed E-state index contributed by atoms with van der Waals surface area (Å²) >= 11 is 0. The molecule has 0 bridgehead atoms. The van der Waals surface area contributed by atoms with E-state index < -0.39 is 15.6 Å². The summed E-state index contributed by atoms with van der Waals surface area (Å²) in [6, 6.07) is 9.74. The number of aryl methyl sites for hydroxylation is 1. The van der Waals surface area contributed by atoms with Gasteiger partial charge in [0.1, 0.15) is 5.75 Å². The van der Waals surface area contributed by atoms with Crippen LogP contribution in [-0.2, 0) is 25.8 Å². The predicted molar refractivity (Wildman–Crippen MR) is 114 cm³/mol. The molecule has 8 heteroatoms. The summed E-state index contributed by atoms with van der Waals surface area (Å²) in [6.45, 7) is 7.75. The van der Waals surface area contributed by atoms with E-state index in [1.165, 1.54) is 0 Å². The Kier molecular flexibility index (Phi) is 9.10. The molecule has 1 aromatic carbocycles. The first kappa shape index (κ1) is 23.3. The lowest BCUT2D eigenvalue weighted by Crippen LogP contribution is -2.52. The van der Waals surface area contributed by atoms with Gasteiger partial charge in [-0.3, -0.25) is 14.5 Å². The van der Waals surface area contributed by atoms with Crippen LogP contribution in [0.15, 0.2) is 30.3 Å². The van der Waals surface area contributed by atoms with Gasteiger partial charge in [0.25, 0.3) is 0 Å². The summed E-state index contributed by atoms with van der Waals surface area (Å²) in [5.41, 5.74) is 1.10. The fourth-order valence-electron chi connectivity index (χ4n) is 3.52. The van der Waals surface area contributed by atoms with E-state index in [2.05, 4.69) is 0 Å². The highest BCUT2D eigenvalue weighted by atomic mass is 32.2. The Labute approximate surface area is 174 Å². The molecule has 7 nitrogen and oxygen atoms in total. The number of rotatable bonds is 10. The second kappa shape index (κ2) is 11.3. The number of benzene rings is 1. The van der Waals surface area contributed by atoms with Crippen molar-refractivity contribution in [3.05, 3.63) is 35.9 Å². The zero-order chi connectivity index (χ0) is 21.3. The highest BCUT2D eigenvalue weighted by Gasteiger charge is 2.26. The van der Waals surface area contributed by atoms with Gasteiger partial charge >= 0.3 is 0 Å². The van der Waals surface area contributed by atoms with Gasteiger partial charge in [0.15, 0.2) is 9.84 Å². The van der Waals surface area contributed by atoms with Crippen LogP contribution in [0.25, 0.3) is 0 Å². The molecule has 0 spiro atoms. The maximum absolute atomic E-state index is 12.4. The number of nitrogens with zero attached hydrogens (tertiary/aromatic N) is 3. The van der Waals surface area contributed by atoms with Crippen LogP contribution >= 0.6 is 0 Å². The average molecular weight is 424 g/mol. The fraction of sp³-hybridized carbons (Fsp3) is 0.619.